The highest BCUT2D eigenvalue weighted by molar-refractivity contribution is 7.21. The van der Waals surface area contributed by atoms with Gasteiger partial charge < -0.3 is 10.3 Å². The van der Waals surface area contributed by atoms with Crippen LogP contribution in [0.1, 0.15) is 11.1 Å². The Labute approximate surface area is 166 Å². The zero-order valence-electron chi connectivity index (χ0n) is 15.2. The molecular formula is C23H16N4S. The van der Waals surface area contributed by atoms with Crippen LogP contribution in [0, 0.1) is 18.3 Å². The predicted octanol–water partition coefficient (Wildman–Crippen LogP) is 6.37. The number of H-pyrrole nitrogens is 1. The van der Waals surface area contributed by atoms with Crippen LogP contribution < -0.4 is 5.32 Å². The van der Waals surface area contributed by atoms with Gasteiger partial charge in [-0.05, 0) is 42.3 Å². The molecule has 3 aromatic heterocycles. The molecule has 0 amide bonds. The van der Waals surface area contributed by atoms with Crippen molar-refractivity contribution in [3.05, 3.63) is 78.1 Å². The van der Waals surface area contributed by atoms with Crippen molar-refractivity contribution in [1.82, 2.24) is 9.97 Å². The van der Waals surface area contributed by atoms with Crippen molar-refractivity contribution in [3.63, 3.8) is 0 Å². The molecular weight excluding hydrogens is 364 g/mol. The average Bonchev–Trinajstić information content (AvgIpc) is 3.36. The molecule has 0 radical (unpaired) electrons. The number of pyridine rings is 1. The van der Waals surface area contributed by atoms with Crippen LogP contribution in [0.15, 0.2) is 67.0 Å². The van der Waals surface area contributed by atoms with Crippen LogP contribution in [-0.2, 0) is 0 Å². The Morgan fingerprint density at radius 1 is 1.11 bits per heavy atom. The molecule has 5 heteroatoms. The number of benzene rings is 2. The van der Waals surface area contributed by atoms with Crippen molar-refractivity contribution in [1.29, 1.82) is 5.26 Å². The molecule has 5 rings (SSSR count). The smallest absolute Gasteiger partial charge is 0.126 e. The minimum atomic E-state index is 0.539. The quantitative estimate of drug-likeness (QED) is 0.382. The number of aromatic amines is 1. The Balaban J connectivity index is 1.66. The molecule has 2 aromatic carbocycles. The summed E-state index contributed by atoms with van der Waals surface area (Å²) in [6, 6.07) is 20.9. The SMILES string of the molecule is Cc1cc(Nc2c(C#N)cnc3sc(-c4ccccc4)cc23)cc2cc[nH]c12. The maximum absolute atomic E-state index is 9.64. The van der Waals surface area contributed by atoms with Gasteiger partial charge in [0, 0.05) is 39.2 Å². The van der Waals surface area contributed by atoms with E-state index in [1.807, 2.05) is 24.4 Å². The number of aromatic nitrogens is 2. The summed E-state index contributed by atoms with van der Waals surface area (Å²) in [4.78, 5) is 9.83. The number of nitrogens with zero attached hydrogens (tertiary/aromatic N) is 2. The minimum Gasteiger partial charge on any atom is -0.361 e. The van der Waals surface area contributed by atoms with Crippen LogP contribution in [0.4, 0.5) is 11.4 Å². The van der Waals surface area contributed by atoms with Gasteiger partial charge in [-0.25, -0.2) is 4.98 Å². The van der Waals surface area contributed by atoms with E-state index in [0.29, 0.717) is 5.56 Å². The van der Waals surface area contributed by atoms with Gasteiger partial charge in [0.15, 0.2) is 0 Å². The van der Waals surface area contributed by atoms with Gasteiger partial charge in [0.05, 0.1) is 11.3 Å². The second-order valence-corrected chi connectivity index (χ2v) is 7.74. The van der Waals surface area contributed by atoms with Gasteiger partial charge in [-0.2, -0.15) is 5.26 Å². The average molecular weight is 380 g/mol. The lowest BCUT2D eigenvalue weighted by molar-refractivity contribution is 1.38. The molecule has 2 N–H and O–H groups in total. The number of rotatable bonds is 3. The molecule has 134 valence electrons. The van der Waals surface area contributed by atoms with Crippen LogP contribution in [0.25, 0.3) is 31.6 Å². The molecule has 0 aliphatic carbocycles. The summed E-state index contributed by atoms with van der Waals surface area (Å²) in [5.74, 6) is 0. The first-order chi connectivity index (χ1) is 13.7. The zero-order chi connectivity index (χ0) is 19.1. The van der Waals surface area contributed by atoms with Crippen LogP contribution in [-0.4, -0.2) is 9.97 Å². The molecule has 0 unspecified atom stereocenters. The molecule has 0 saturated carbocycles. The molecule has 0 aliphatic rings. The predicted molar refractivity (Wildman–Crippen MR) is 116 cm³/mol. The van der Waals surface area contributed by atoms with Crippen molar-refractivity contribution in [2.45, 2.75) is 6.92 Å². The topological polar surface area (TPSA) is 64.5 Å². The van der Waals surface area contributed by atoms with Gasteiger partial charge in [0.1, 0.15) is 10.9 Å². The van der Waals surface area contributed by atoms with E-state index in [4.69, 9.17) is 0 Å². The third-order valence-electron chi connectivity index (χ3n) is 4.87. The van der Waals surface area contributed by atoms with E-state index < -0.39 is 0 Å². The normalized spacial score (nSPS) is 11.0. The van der Waals surface area contributed by atoms with Gasteiger partial charge >= 0.3 is 0 Å². The zero-order valence-corrected chi connectivity index (χ0v) is 16.0. The summed E-state index contributed by atoms with van der Waals surface area (Å²) in [6.45, 7) is 2.08. The maximum atomic E-state index is 9.64. The Kier molecular flexibility index (Phi) is 3.85. The third-order valence-corrected chi connectivity index (χ3v) is 5.96. The minimum absolute atomic E-state index is 0.539. The van der Waals surface area contributed by atoms with Crippen molar-refractivity contribution in [3.8, 4) is 16.5 Å². The highest BCUT2D eigenvalue weighted by atomic mass is 32.1. The van der Waals surface area contributed by atoms with Crippen LogP contribution in [0.2, 0.25) is 0 Å². The van der Waals surface area contributed by atoms with Gasteiger partial charge in [0.2, 0.25) is 0 Å². The fourth-order valence-electron chi connectivity index (χ4n) is 3.53. The lowest BCUT2D eigenvalue weighted by Gasteiger charge is -2.11. The number of nitriles is 1. The van der Waals surface area contributed by atoms with Crippen molar-refractivity contribution in [2.75, 3.05) is 5.32 Å². The number of anilines is 2. The number of thiophene rings is 1. The van der Waals surface area contributed by atoms with Crippen LogP contribution >= 0.6 is 11.3 Å². The number of hydrogen-bond acceptors (Lipinski definition) is 4. The lowest BCUT2D eigenvalue weighted by atomic mass is 10.1. The first kappa shape index (κ1) is 16.5. The summed E-state index contributed by atoms with van der Waals surface area (Å²) in [6.07, 6.45) is 3.59. The lowest BCUT2D eigenvalue weighted by Crippen LogP contribution is -1.96. The van der Waals surface area contributed by atoms with Gasteiger partial charge in [-0.1, -0.05) is 30.3 Å². The van der Waals surface area contributed by atoms with E-state index >= 15 is 0 Å². The first-order valence-electron chi connectivity index (χ1n) is 8.96. The second-order valence-electron chi connectivity index (χ2n) is 6.71. The van der Waals surface area contributed by atoms with Gasteiger partial charge in [-0.3, -0.25) is 0 Å². The number of aryl methyl sites for hydroxylation is 1. The van der Waals surface area contributed by atoms with Gasteiger partial charge in [-0.15, -0.1) is 11.3 Å². The number of hydrogen-bond donors (Lipinski definition) is 2. The molecule has 0 fully saturated rings. The fraction of sp³-hybridized carbons (Fsp3) is 0.0435. The van der Waals surface area contributed by atoms with E-state index in [2.05, 4.69) is 64.7 Å². The van der Waals surface area contributed by atoms with Crippen molar-refractivity contribution in [2.24, 2.45) is 0 Å². The monoisotopic (exact) mass is 380 g/mol. The number of fused-ring (bicyclic) bond motifs is 2. The number of nitrogens with one attached hydrogen (secondary N) is 2. The Morgan fingerprint density at radius 3 is 2.79 bits per heavy atom. The fourth-order valence-corrected chi connectivity index (χ4v) is 4.54. The highest BCUT2D eigenvalue weighted by Crippen LogP contribution is 2.38. The summed E-state index contributed by atoms with van der Waals surface area (Å²) < 4.78 is 0. The molecule has 0 aliphatic heterocycles. The molecule has 28 heavy (non-hydrogen) atoms. The van der Waals surface area contributed by atoms with E-state index in [1.54, 1.807) is 17.5 Å². The highest BCUT2D eigenvalue weighted by Gasteiger charge is 2.14. The Morgan fingerprint density at radius 2 is 1.96 bits per heavy atom. The van der Waals surface area contributed by atoms with Gasteiger partial charge in [0.25, 0.3) is 0 Å². The molecule has 5 aromatic rings. The molecule has 4 nitrogen and oxygen atoms in total. The first-order valence-corrected chi connectivity index (χ1v) is 9.77. The Hall–Kier alpha value is -3.62. The summed E-state index contributed by atoms with van der Waals surface area (Å²) in [5.41, 5.74) is 5.74. The maximum Gasteiger partial charge on any atom is 0.126 e. The van der Waals surface area contributed by atoms with E-state index in [9.17, 15) is 5.26 Å². The summed E-state index contributed by atoms with van der Waals surface area (Å²) in [5, 5.41) is 15.2. The largest absolute Gasteiger partial charge is 0.361 e. The third kappa shape index (κ3) is 2.72. The van der Waals surface area contributed by atoms with E-state index in [0.717, 1.165) is 48.5 Å². The van der Waals surface area contributed by atoms with E-state index in [1.165, 1.54) is 0 Å². The van der Waals surface area contributed by atoms with E-state index in [-0.39, 0.29) is 0 Å². The summed E-state index contributed by atoms with van der Waals surface area (Å²) >= 11 is 1.64. The molecule has 0 spiro atoms. The van der Waals surface area contributed by atoms with Crippen LogP contribution in [0.3, 0.4) is 0 Å². The standard InChI is InChI=1S/C23H16N4S/c1-14-9-18(10-16-7-8-25-21(14)16)27-22-17(12-24)13-26-23-19(22)11-20(28-23)15-5-3-2-4-6-15/h2-11,13,25H,1H3,(H,26,27). The Bertz CT molecular complexity index is 1360. The summed E-state index contributed by atoms with van der Waals surface area (Å²) in [7, 11) is 0. The molecule has 0 saturated heterocycles. The molecule has 0 bridgehead atoms. The molecule has 0 atom stereocenters. The van der Waals surface area contributed by atoms with Crippen molar-refractivity contribution < 1.29 is 0 Å². The second kappa shape index (κ2) is 6.52. The van der Waals surface area contributed by atoms with Crippen LogP contribution in [0.5, 0.6) is 0 Å². The molecule has 3 heterocycles. The van der Waals surface area contributed by atoms with Crippen molar-refractivity contribution >= 4 is 43.8 Å².